The summed E-state index contributed by atoms with van der Waals surface area (Å²) in [6, 6.07) is 17.4. The second-order valence-corrected chi connectivity index (χ2v) is 7.12. The molecule has 1 atom stereocenters. The predicted octanol–water partition coefficient (Wildman–Crippen LogP) is 3.03. The summed E-state index contributed by atoms with van der Waals surface area (Å²) in [4.78, 5) is 14.5. The zero-order chi connectivity index (χ0) is 20.2. The molecule has 1 unspecified atom stereocenters. The molecule has 0 saturated heterocycles. The summed E-state index contributed by atoms with van der Waals surface area (Å²) in [6.07, 6.45) is 0.164. The molecule has 0 aliphatic carbocycles. The molecule has 29 heavy (non-hydrogen) atoms. The molecular formula is C22H23N3O4. The van der Waals surface area contributed by atoms with Crippen molar-refractivity contribution in [1.82, 2.24) is 15.4 Å². The Hall–Kier alpha value is -3.32. The third-order valence-electron chi connectivity index (χ3n) is 4.86. The highest BCUT2D eigenvalue weighted by Crippen LogP contribution is 2.35. The lowest BCUT2D eigenvalue weighted by Crippen LogP contribution is -2.35. The minimum absolute atomic E-state index is 0.00522. The van der Waals surface area contributed by atoms with E-state index in [0.717, 1.165) is 22.6 Å². The van der Waals surface area contributed by atoms with E-state index in [4.69, 9.17) is 14.0 Å². The van der Waals surface area contributed by atoms with Gasteiger partial charge in [0.1, 0.15) is 0 Å². The minimum Gasteiger partial charge on any atom is -0.454 e. The van der Waals surface area contributed by atoms with Crippen LogP contribution in [0.1, 0.15) is 17.3 Å². The summed E-state index contributed by atoms with van der Waals surface area (Å²) in [5.74, 6) is 2.03. The van der Waals surface area contributed by atoms with Crippen LogP contribution < -0.4 is 14.8 Å². The lowest BCUT2D eigenvalue weighted by atomic mass is 10.0. The smallest absolute Gasteiger partial charge is 0.231 e. The number of rotatable bonds is 7. The molecule has 1 aromatic heterocycles. The number of aromatic nitrogens is 1. The van der Waals surface area contributed by atoms with Crippen LogP contribution in [-0.2, 0) is 11.2 Å². The van der Waals surface area contributed by atoms with Gasteiger partial charge in [-0.2, -0.15) is 0 Å². The maximum atomic E-state index is 12.4. The fraction of sp³-hybridized carbons (Fsp3) is 0.273. The van der Waals surface area contributed by atoms with Crippen LogP contribution in [0.25, 0.3) is 11.3 Å². The second kappa shape index (κ2) is 8.36. The molecule has 0 saturated carbocycles. The SMILES string of the molecule is CN(C)C(CNC(=O)Cc1cc(-c2ccccc2)on1)c1ccc2c(c1)OCO2. The molecule has 4 rings (SSSR count). The Balaban J connectivity index is 1.37. The third-order valence-corrected chi connectivity index (χ3v) is 4.86. The van der Waals surface area contributed by atoms with E-state index < -0.39 is 0 Å². The molecule has 0 fully saturated rings. The standard InChI is InChI=1S/C22H23N3O4/c1-25(2)18(16-8-9-19-21(10-16)28-14-27-19)13-23-22(26)12-17-11-20(29-24-17)15-6-4-3-5-7-15/h3-11,18H,12-14H2,1-2H3,(H,23,26). The number of nitrogens with zero attached hydrogens (tertiary/aromatic N) is 2. The average Bonchev–Trinajstić information content (AvgIpc) is 3.37. The number of carbonyl (C=O) groups excluding carboxylic acids is 1. The molecule has 0 bridgehead atoms. The van der Waals surface area contributed by atoms with Crippen molar-refractivity contribution in [1.29, 1.82) is 0 Å². The number of nitrogens with one attached hydrogen (secondary N) is 1. The van der Waals surface area contributed by atoms with E-state index in [2.05, 4.69) is 15.4 Å². The van der Waals surface area contributed by atoms with Crippen molar-refractivity contribution in [3.8, 4) is 22.8 Å². The van der Waals surface area contributed by atoms with Gasteiger partial charge in [-0.15, -0.1) is 0 Å². The first-order valence-electron chi connectivity index (χ1n) is 9.44. The van der Waals surface area contributed by atoms with Crippen molar-refractivity contribution in [2.45, 2.75) is 12.5 Å². The topological polar surface area (TPSA) is 76.8 Å². The minimum atomic E-state index is -0.106. The van der Waals surface area contributed by atoms with E-state index in [9.17, 15) is 4.79 Å². The van der Waals surface area contributed by atoms with Gasteiger partial charge in [0.25, 0.3) is 0 Å². The molecule has 7 heteroatoms. The molecule has 3 aromatic rings. The van der Waals surface area contributed by atoms with E-state index >= 15 is 0 Å². The Morgan fingerprint density at radius 1 is 1.10 bits per heavy atom. The van der Waals surface area contributed by atoms with Crippen molar-refractivity contribution >= 4 is 5.91 Å². The van der Waals surface area contributed by atoms with Crippen molar-refractivity contribution in [2.24, 2.45) is 0 Å². The van der Waals surface area contributed by atoms with E-state index in [1.807, 2.05) is 62.6 Å². The molecule has 0 radical (unpaired) electrons. The van der Waals surface area contributed by atoms with E-state index in [1.54, 1.807) is 6.07 Å². The number of hydrogen-bond donors (Lipinski definition) is 1. The molecule has 1 N–H and O–H groups in total. The lowest BCUT2D eigenvalue weighted by molar-refractivity contribution is -0.120. The quantitative estimate of drug-likeness (QED) is 0.665. The van der Waals surface area contributed by atoms with Gasteiger partial charge in [-0.1, -0.05) is 41.6 Å². The van der Waals surface area contributed by atoms with Crippen molar-refractivity contribution in [3.05, 3.63) is 65.9 Å². The maximum absolute atomic E-state index is 12.4. The number of fused-ring (bicyclic) bond motifs is 1. The normalized spacial score (nSPS) is 13.5. The van der Waals surface area contributed by atoms with Gasteiger partial charge in [0.05, 0.1) is 18.2 Å². The second-order valence-electron chi connectivity index (χ2n) is 7.12. The van der Waals surface area contributed by atoms with Gasteiger partial charge in [0.15, 0.2) is 17.3 Å². The Labute approximate surface area is 169 Å². The molecule has 1 amide bonds. The summed E-state index contributed by atoms with van der Waals surface area (Å²) in [6.45, 7) is 0.708. The van der Waals surface area contributed by atoms with Crippen LogP contribution >= 0.6 is 0 Å². The summed E-state index contributed by atoms with van der Waals surface area (Å²) >= 11 is 0. The first kappa shape index (κ1) is 19.0. The number of amides is 1. The molecule has 7 nitrogen and oxygen atoms in total. The summed E-state index contributed by atoms with van der Waals surface area (Å²) in [5, 5.41) is 7.01. The summed E-state index contributed by atoms with van der Waals surface area (Å²) in [5.41, 5.74) is 2.58. The van der Waals surface area contributed by atoms with Gasteiger partial charge in [0.2, 0.25) is 12.7 Å². The monoisotopic (exact) mass is 393 g/mol. The van der Waals surface area contributed by atoms with Gasteiger partial charge in [-0.3, -0.25) is 4.79 Å². The first-order chi connectivity index (χ1) is 14.1. The Kier molecular flexibility index (Phi) is 5.48. The maximum Gasteiger partial charge on any atom is 0.231 e. The van der Waals surface area contributed by atoms with Crippen LogP contribution in [0.15, 0.2) is 59.1 Å². The molecule has 0 spiro atoms. The highest BCUT2D eigenvalue weighted by molar-refractivity contribution is 5.78. The fourth-order valence-corrected chi connectivity index (χ4v) is 3.29. The molecule has 2 aromatic carbocycles. The van der Waals surface area contributed by atoms with Gasteiger partial charge >= 0.3 is 0 Å². The number of hydrogen-bond acceptors (Lipinski definition) is 6. The highest BCUT2D eigenvalue weighted by atomic mass is 16.7. The first-order valence-corrected chi connectivity index (χ1v) is 9.44. The van der Waals surface area contributed by atoms with Crippen LogP contribution in [0.5, 0.6) is 11.5 Å². The highest BCUT2D eigenvalue weighted by Gasteiger charge is 2.20. The zero-order valence-corrected chi connectivity index (χ0v) is 16.4. The molecule has 2 heterocycles. The fourth-order valence-electron chi connectivity index (χ4n) is 3.29. The summed E-state index contributed by atoms with van der Waals surface area (Å²) < 4.78 is 16.2. The Morgan fingerprint density at radius 2 is 1.90 bits per heavy atom. The van der Waals surface area contributed by atoms with Gasteiger partial charge in [0, 0.05) is 18.2 Å². The summed E-state index contributed by atoms with van der Waals surface area (Å²) in [7, 11) is 3.95. The van der Waals surface area contributed by atoms with E-state index in [-0.39, 0.29) is 25.2 Å². The largest absolute Gasteiger partial charge is 0.454 e. The molecule has 1 aliphatic heterocycles. The van der Waals surface area contributed by atoms with Crippen molar-refractivity contribution in [2.75, 3.05) is 27.4 Å². The van der Waals surface area contributed by atoms with Crippen LogP contribution in [0.4, 0.5) is 0 Å². The van der Waals surface area contributed by atoms with Crippen LogP contribution in [0.3, 0.4) is 0 Å². The zero-order valence-electron chi connectivity index (χ0n) is 16.4. The predicted molar refractivity (Wildman–Crippen MR) is 108 cm³/mol. The Morgan fingerprint density at radius 3 is 2.69 bits per heavy atom. The number of ether oxygens (including phenoxy) is 2. The van der Waals surface area contributed by atoms with Crippen LogP contribution in [-0.4, -0.2) is 43.4 Å². The van der Waals surface area contributed by atoms with Crippen LogP contribution in [0.2, 0.25) is 0 Å². The van der Waals surface area contributed by atoms with Gasteiger partial charge in [-0.25, -0.2) is 0 Å². The van der Waals surface area contributed by atoms with E-state index in [1.165, 1.54) is 0 Å². The number of carbonyl (C=O) groups is 1. The van der Waals surface area contributed by atoms with Gasteiger partial charge in [-0.05, 0) is 31.8 Å². The lowest BCUT2D eigenvalue weighted by Gasteiger charge is -2.25. The van der Waals surface area contributed by atoms with Gasteiger partial charge < -0.3 is 24.2 Å². The number of benzene rings is 2. The Bertz CT molecular complexity index is 985. The van der Waals surface area contributed by atoms with Crippen molar-refractivity contribution in [3.63, 3.8) is 0 Å². The van der Waals surface area contributed by atoms with Crippen molar-refractivity contribution < 1.29 is 18.8 Å². The number of likely N-dealkylation sites (N-methyl/N-ethyl adjacent to an activating group) is 1. The molecular weight excluding hydrogens is 370 g/mol. The molecule has 150 valence electrons. The average molecular weight is 393 g/mol. The van der Waals surface area contributed by atoms with E-state index in [0.29, 0.717) is 18.0 Å². The molecule has 1 aliphatic rings. The third kappa shape index (κ3) is 4.41. The van der Waals surface area contributed by atoms with Crippen LogP contribution in [0, 0.1) is 0 Å².